The molecule has 1 aromatic rings. The van der Waals surface area contributed by atoms with Crippen molar-refractivity contribution in [3.8, 4) is 0 Å². The van der Waals surface area contributed by atoms with Crippen molar-refractivity contribution in [1.82, 2.24) is 5.09 Å². The molecular weight excluding hydrogens is 380 g/mol. The average Bonchev–Trinajstić information content (AvgIpc) is 2.48. The SMILES string of the molecule is O=C(O)CCC(NP(=O)(O)C(F)(F)c1ccc(F)c(F)c1F)C(=O)O. The summed E-state index contributed by atoms with van der Waals surface area (Å²) in [5, 5.41) is 18.4. The number of halogens is 5. The molecular formula is C12H11F5NO6P. The van der Waals surface area contributed by atoms with E-state index in [9.17, 15) is 41.0 Å². The second-order valence-electron chi connectivity index (χ2n) is 4.79. The fourth-order valence-corrected chi connectivity index (χ4v) is 3.05. The van der Waals surface area contributed by atoms with Crippen molar-refractivity contribution in [1.29, 1.82) is 0 Å². The van der Waals surface area contributed by atoms with E-state index in [0.29, 0.717) is 0 Å². The topological polar surface area (TPSA) is 124 Å². The molecule has 0 amide bonds. The minimum atomic E-state index is -6.04. The molecule has 0 radical (unpaired) electrons. The molecule has 0 fully saturated rings. The van der Waals surface area contributed by atoms with Gasteiger partial charge in [0.05, 0.1) is 5.56 Å². The van der Waals surface area contributed by atoms with Crippen molar-refractivity contribution in [2.24, 2.45) is 0 Å². The lowest BCUT2D eigenvalue weighted by Crippen LogP contribution is -2.38. The van der Waals surface area contributed by atoms with E-state index in [1.165, 1.54) is 0 Å². The molecule has 4 N–H and O–H groups in total. The van der Waals surface area contributed by atoms with Gasteiger partial charge in [-0.15, -0.1) is 0 Å². The van der Waals surface area contributed by atoms with Gasteiger partial charge in [0.25, 0.3) is 0 Å². The van der Waals surface area contributed by atoms with E-state index in [2.05, 4.69) is 0 Å². The van der Waals surface area contributed by atoms with Gasteiger partial charge in [-0.25, -0.2) is 18.3 Å². The Balaban J connectivity index is 3.21. The van der Waals surface area contributed by atoms with E-state index < -0.39 is 67.0 Å². The molecule has 140 valence electrons. The zero-order chi connectivity index (χ0) is 19.6. The molecule has 25 heavy (non-hydrogen) atoms. The van der Waals surface area contributed by atoms with Gasteiger partial charge in [0, 0.05) is 6.42 Å². The average molecular weight is 391 g/mol. The molecule has 0 aliphatic heterocycles. The van der Waals surface area contributed by atoms with Crippen LogP contribution in [0.15, 0.2) is 12.1 Å². The van der Waals surface area contributed by atoms with Crippen LogP contribution in [0, 0.1) is 17.5 Å². The largest absolute Gasteiger partial charge is 0.481 e. The lowest BCUT2D eigenvalue weighted by atomic mass is 10.2. The number of carboxylic acids is 2. The van der Waals surface area contributed by atoms with Crippen LogP contribution in [0.2, 0.25) is 0 Å². The molecule has 0 aromatic heterocycles. The first kappa shape index (κ1) is 21.0. The molecule has 0 aliphatic rings. The van der Waals surface area contributed by atoms with Crippen molar-refractivity contribution in [3.05, 3.63) is 35.1 Å². The minimum Gasteiger partial charge on any atom is -0.481 e. The summed E-state index contributed by atoms with van der Waals surface area (Å²) in [6.07, 6.45) is -1.68. The second kappa shape index (κ2) is 7.46. The smallest absolute Gasteiger partial charge is 0.362 e. The first-order valence-corrected chi connectivity index (χ1v) is 8.04. The van der Waals surface area contributed by atoms with E-state index >= 15 is 0 Å². The predicted octanol–water partition coefficient (Wildman–Crippen LogP) is 2.25. The Labute approximate surface area is 136 Å². The molecule has 1 rings (SSSR count). The lowest BCUT2D eigenvalue weighted by molar-refractivity contribution is -0.140. The summed E-state index contributed by atoms with van der Waals surface area (Å²) < 4.78 is 79.4. The fraction of sp³-hybridized carbons (Fsp3) is 0.333. The molecule has 0 saturated heterocycles. The Morgan fingerprint density at radius 2 is 1.72 bits per heavy atom. The molecule has 7 nitrogen and oxygen atoms in total. The molecule has 0 spiro atoms. The first-order valence-electron chi connectivity index (χ1n) is 6.38. The molecule has 0 heterocycles. The summed E-state index contributed by atoms with van der Waals surface area (Å²) in [5.74, 6) is -9.96. The molecule has 0 bridgehead atoms. The molecule has 1 aromatic carbocycles. The molecule has 2 atom stereocenters. The summed E-state index contributed by atoms with van der Waals surface area (Å²) in [6, 6.07) is -2.06. The standard InChI is InChI=1S/C12H11F5NO6P/c13-6-2-1-5(9(14)10(6)15)12(16,17)25(23,24)18-7(11(21)22)3-4-8(19)20/h1-2,7H,3-4H2,(H,19,20)(H,21,22)(H2,18,23,24). The number of alkyl halides is 2. The monoisotopic (exact) mass is 391 g/mol. The summed E-state index contributed by atoms with van der Waals surface area (Å²) in [6.45, 7) is 0. The highest BCUT2D eigenvalue weighted by Gasteiger charge is 2.54. The van der Waals surface area contributed by atoms with Crippen LogP contribution in [0.4, 0.5) is 22.0 Å². The van der Waals surface area contributed by atoms with Crippen LogP contribution in [-0.2, 0) is 19.8 Å². The number of hydrogen-bond acceptors (Lipinski definition) is 3. The van der Waals surface area contributed by atoms with E-state index in [-0.39, 0.29) is 12.1 Å². The van der Waals surface area contributed by atoms with Gasteiger partial charge in [0.2, 0.25) is 0 Å². The highest BCUT2D eigenvalue weighted by atomic mass is 31.2. The van der Waals surface area contributed by atoms with Gasteiger partial charge in [-0.05, 0) is 18.6 Å². The Bertz CT molecular complexity index is 743. The summed E-state index contributed by atoms with van der Waals surface area (Å²) in [7, 11) is -6.04. The predicted molar refractivity (Wildman–Crippen MR) is 71.5 cm³/mol. The molecule has 0 aliphatic carbocycles. The van der Waals surface area contributed by atoms with Crippen LogP contribution < -0.4 is 5.09 Å². The number of nitrogens with one attached hydrogen (secondary N) is 1. The van der Waals surface area contributed by atoms with Crippen molar-refractivity contribution in [3.63, 3.8) is 0 Å². The maximum absolute atomic E-state index is 14.1. The second-order valence-corrected chi connectivity index (χ2v) is 6.76. The number of carboxylic acid groups (broad SMARTS) is 2. The van der Waals surface area contributed by atoms with Crippen molar-refractivity contribution < 1.29 is 51.2 Å². The summed E-state index contributed by atoms with van der Waals surface area (Å²) in [4.78, 5) is 30.8. The van der Waals surface area contributed by atoms with Gasteiger partial charge in [0.15, 0.2) is 17.5 Å². The zero-order valence-electron chi connectivity index (χ0n) is 12.0. The third-order valence-corrected chi connectivity index (χ3v) is 4.68. The Morgan fingerprint density at radius 1 is 1.16 bits per heavy atom. The van der Waals surface area contributed by atoms with Gasteiger partial charge in [0.1, 0.15) is 6.04 Å². The van der Waals surface area contributed by atoms with Gasteiger partial charge in [-0.2, -0.15) is 8.78 Å². The minimum absolute atomic E-state index is 0.0331. The van der Waals surface area contributed by atoms with Gasteiger partial charge in [-0.1, -0.05) is 0 Å². The van der Waals surface area contributed by atoms with Crippen LogP contribution in [0.25, 0.3) is 0 Å². The third-order valence-electron chi connectivity index (χ3n) is 3.02. The van der Waals surface area contributed by atoms with Crippen LogP contribution in [-0.4, -0.2) is 33.1 Å². The van der Waals surface area contributed by atoms with Crippen molar-refractivity contribution >= 4 is 19.5 Å². The van der Waals surface area contributed by atoms with Crippen LogP contribution in [0.3, 0.4) is 0 Å². The first-order chi connectivity index (χ1) is 11.3. The summed E-state index contributed by atoms with van der Waals surface area (Å²) in [5.41, 5.74) is -6.99. The Morgan fingerprint density at radius 3 is 2.20 bits per heavy atom. The van der Waals surface area contributed by atoms with Crippen molar-refractivity contribution in [2.45, 2.75) is 24.5 Å². The van der Waals surface area contributed by atoms with Crippen LogP contribution >= 0.6 is 7.52 Å². The van der Waals surface area contributed by atoms with Gasteiger partial charge >= 0.3 is 25.1 Å². The highest BCUT2D eigenvalue weighted by Crippen LogP contribution is 2.60. The Hall–Kier alpha value is -2.04. The third kappa shape index (κ3) is 4.53. The molecule has 0 saturated carbocycles. The number of benzene rings is 1. The Kier molecular flexibility index (Phi) is 6.27. The van der Waals surface area contributed by atoms with E-state index in [0.717, 1.165) is 5.09 Å². The van der Waals surface area contributed by atoms with Crippen molar-refractivity contribution in [2.75, 3.05) is 0 Å². The maximum Gasteiger partial charge on any atom is 0.362 e. The zero-order valence-corrected chi connectivity index (χ0v) is 12.9. The highest BCUT2D eigenvalue weighted by molar-refractivity contribution is 7.56. The number of carbonyl (C=O) groups is 2. The lowest BCUT2D eigenvalue weighted by Gasteiger charge is -2.26. The van der Waals surface area contributed by atoms with E-state index in [4.69, 9.17) is 10.2 Å². The van der Waals surface area contributed by atoms with Gasteiger partial charge in [-0.3, -0.25) is 14.2 Å². The summed E-state index contributed by atoms with van der Waals surface area (Å²) >= 11 is 0. The van der Waals surface area contributed by atoms with Crippen LogP contribution in [0.1, 0.15) is 18.4 Å². The molecule has 2 unspecified atom stereocenters. The van der Waals surface area contributed by atoms with E-state index in [1.54, 1.807) is 0 Å². The van der Waals surface area contributed by atoms with E-state index in [1.807, 2.05) is 0 Å². The number of aliphatic carboxylic acids is 2. The maximum atomic E-state index is 14.1. The normalized spacial score (nSPS) is 15.4. The number of hydrogen-bond donors (Lipinski definition) is 4. The quantitative estimate of drug-likeness (QED) is 0.304. The molecule has 13 heteroatoms. The fourth-order valence-electron chi connectivity index (χ4n) is 1.72. The van der Waals surface area contributed by atoms with Gasteiger partial charge < -0.3 is 15.1 Å². The van der Waals surface area contributed by atoms with Crippen LogP contribution in [0.5, 0.6) is 0 Å². The number of rotatable bonds is 8.